The molecule has 0 fully saturated rings. The van der Waals surface area contributed by atoms with E-state index < -0.39 is 27.4 Å². The highest BCUT2D eigenvalue weighted by Gasteiger charge is 2.19. The number of hydrogen-bond acceptors (Lipinski definition) is 4. The van der Waals surface area contributed by atoms with E-state index in [4.69, 9.17) is 9.84 Å². The van der Waals surface area contributed by atoms with Crippen molar-refractivity contribution < 1.29 is 27.4 Å². The summed E-state index contributed by atoms with van der Waals surface area (Å²) in [6.07, 6.45) is 0. The highest BCUT2D eigenvalue weighted by Crippen LogP contribution is 2.21. The lowest BCUT2D eigenvalue weighted by Crippen LogP contribution is -2.14. The Balaban J connectivity index is 2.33. The number of sulfonamides is 1. The molecule has 8 heteroatoms. The maximum absolute atomic E-state index is 13.3. The molecule has 0 heterocycles. The summed E-state index contributed by atoms with van der Waals surface area (Å²) in [5.41, 5.74) is -0.445. The molecule has 0 amide bonds. The number of halogens is 1. The molecule has 2 aromatic carbocycles. The molecule has 0 bridgehead atoms. The van der Waals surface area contributed by atoms with Crippen LogP contribution in [0.25, 0.3) is 0 Å². The Kier molecular flexibility index (Phi) is 4.32. The van der Waals surface area contributed by atoms with Crippen LogP contribution in [0.15, 0.2) is 47.4 Å². The Morgan fingerprint density at radius 3 is 2.36 bits per heavy atom. The van der Waals surface area contributed by atoms with Gasteiger partial charge < -0.3 is 9.84 Å². The Labute approximate surface area is 126 Å². The Bertz CT molecular complexity index is 802. The number of anilines is 1. The Hall–Kier alpha value is -2.61. The first-order chi connectivity index (χ1) is 10.3. The van der Waals surface area contributed by atoms with Crippen molar-refractivity contribution >= 4 is 21.7 Å². The van der Waals surface area contributed by atoms with Crippen LogP contribution in [-0.2, 0) is 10.0 Å². The molecule has 0 aliphatic heterocycles. The van der Waals surface area contributed by atoms with Crippen LogP contribution in [0.1, 0.15) is 10.4 Å². The molecule has 0 unspecified atom stereocenters. The number of hydrogen-bond donors (Lipinski definition) is 2. The minimum Gasteiger partial charge on any atom is -0.497 e. The van der Waals surface area contributed by atoms with Gasteiger partial charge in [-0.05, 0) is 42.5 Å². The molecule has 2 aromatic rings. The van der Waals surface area contributed by atoms with Gasteiger partial charge in [-0.1, -0.05) is 0 Å². The maximum atomic E-state index is 13.3. The number of methoxy groups -OCH3 is 1. The number of carboxylic acid groups (broad SMARTS) is 1. The van der Waals surface area contributed by atoms with Crippen LogP contribution in [0.5, 0.6) is 5.75 Å². The molecule has 116 valence electrons. The zero-order chi connectivity index (χ0) is 16.3. The Morgan fingerprint density at radius 1 is 1.18 bits per heavy atom. The molecule has 0 aliphatic rings. The van der Waals surface area contributed by atoms with Crippen LogP contribution in [0.4, 0.5) is 10.1 Å². The molecule has 0 spiro atoms. The minimum absolute atomic E-state index is 0.266. The van der Waals surface area contributed by atoms with Gasteiger partial charge in [-0.2, -0.15) is 0 Å². The Morgan fingerprint density at radius 2 is 1.82 bits per heavy atom. The summed E-state index contributed by atoms with van der Waals surface area (Å²) in [6, 6.07) is 8.65. The number of rotatable bonds is 5. The predicted molar refractivity (Wildman–Crippen MR) is 77.2 cm³/mol. The average Bonchev–Trinajstić information content (AvgIpc) is 2.47. The second kappa shape index (κ2) is 6.02. The van der Waals surface area contributed by atoms with E-state index in [1.165, 1.54) is 19.2 Å². The van der Waals surface area contributed by atoms with Crippen molar-refractivity contribution in [3.05, 3.63) is 53.8 Å². The van der Waals surface area contributed by atoms with E-state index in [1.807, 2.05) is 0 Å². The lowest BCUT2D eigenvalue weighted by Gasteiger charge is -2.09. The summed E-state index contributed by atoms with van der Waals surface area (Å²) in [4.78, 5) is 10.5. The zero-order valence-electron chi connectivity index (χ0n) is 11.4. The number of benzene rings is 2. The molecule has 0 radical (unpaired) electrons. The van der Waals surface area contributed by atoms with Crippen molar-refractivity contribution in [1.29, 1.82) is 0 Å². The molecule has 0 saturated carbocycles. The summed E-state index contributed by atoms with van der Waals surface area (Å²) in [5.74, 6) is -1.99. The lowest BCUT2D eigenvalue weighted by molar-refractivity contribution is 0.0691. The summed E-state index contributed by atoms with van der Waals surface area (Å²) >= 11 is 0. The van der Waals surface area contributed by atoms with Crippen LogP contribution in [-0.4, -0.2) is 26.6 Å². The van der Waals surface area contributed by atoms with Gasteiger partial charge in [0.15, 0.2) is 0 Å². The van der Waals surface area contributed by atoms with Crippen LogP contribution in [0, 0.1) is 5.82 Å². The quantitative estimate of drug-likeness (QED) is 0.880. The smallest absolute Gasteiger partial charge is 0.338 e. The van der Waals surface area contributed by atoms with Gasteiger partial charge in [0, 0.05) is 5.69 Å². The van der Waals surface area contributed by atoms with Crippen molar-refractivity contribution in [3.8, 4) is 5.75 Å². The van der Waals surface area contributed by atoms with Crippen LogP contribution in [0.2, 0.25) is 0 Å². The molecule has 6 nitrogen and oxygen atoms in total. The number of ether oxygens (including phenoxy) is 1. The normalized spacial score (nSPS) is 11.0. The van der Waals surface area contributed by atoms with Gasteiger partial charge in [-0.15, -0.1) is 0 Å². The maximum Gasteiger partial charge on any atom is 0.338 e. The first kappa shape index (κ1) is 15.8. The molecule has 0 atom stereocenters. The van der Waals surface area contributed by atoms with Gasteiger partial charge in [0.1, 0.15) is 11.6 Å². The number of aromatic carboxylic acids is 1. The van der Waals surface area contributed by atoms with Crippen molar-refractivity contribution in [2.45, 2.75) is 4.90 Å². The van der Waals surface area contributed by atoms with Crippen molar-refractivity contribution in [3.63, 3.8) is 0 Å². The molecule has 22 heavy (non-hydrogen) atoms. The van der Waals surface area contributed by atoms with Crippen LogP contribution >= 0.6 is 0 Å². The van der Waals surface area contributed by atoms with E-state index in [0.29, 0.717) is 5.75 Å². The van der Waals surface area contributed by atoms with Gasteiger partial charge >= 0.3 is 5.97 Å². The monoisotopic (exact) mass is 325 g/mol. The third-order valence-corrected chi connectivity index (χ3v) is 4.20. The molecule has 0 aromatic heterocycles. The average molecular weight is 325 g/mol. The van der Waals surface area contributed by atoms with E-state index in [1.54, 1.807) is 12.1 Å². The molecule has 0 saturated heterocycles. The fourth-order valence-corrected chi connectivity index (χ4v) is 2.79. The fraction of sp³-hybridized carbons (Fsp3) is 0.0714. The van der Waals surface area contributed by atoms with Crippen molar-refractivity contribution in [1.82, 2.24) is 0 Å². The van der Waals surface area contributed by atoms with Crippen LogP contribution in [0.3, 0.4) is 0 Å². The standard InChI is InChI=1S/C14H12FNO5S/c1-21-10-4-2-9(3-5-10)16-22(19,20)11-6-7-13(15)12(8-11)14(17)18/h2-8,16H,1H3,(H,17,18). The summed E-state index contributed by atoms with van der Waals surface area (Å²) < 4.78 is 44.9. The van der Waals surface area contributed by atoms with Crippen LogP contribution < -0.4 is 9.46 Å². The lowest BCUT2D eigenvalue weighted by atomic mass is 10.2. The van der Waals surface area contributed by atoms with E-state index in [0.717, 1.165) is 18.2 Å². The second-order valence-corrected chi connectivity index (χ2v) is 5.96. The first-order valence-electron chi connectivity index (χ1n) is 6.03. The van der Waals surface area contributed by atoms with Crippen molar-refractivity contribution in [2.75, 3.05) is 11.8 Å². The molecule has 2 N–H and O–H groups in total. The topological polar surface area (TPSA) is 92.7 Å². The molecule has 0 aliphatic carbocycles. The highest BCUT2D eigenvalue weighted by molar-refractivity contribution is 7.92. The summed E-state index contributed by atoms with van der Waals surface area (Å²) in [6.45, 7) is 0. The van der Waals surface area contributed by atoms with Gasteiger partial charge in [0.25, 0.3) is 10.0 Å². The first-order valence-corrected chi connectivity index (χ1v) is 7.51. The second-order valence-electron chi connectivity index (χ2n) is 4.28. The number of carbonyl (C=O) groups is 1. The minimum atomic E-state index is -4.03. The van der Waals surface area contributed by atoms with Crippen molar-refractivity contribution in [2.24, 2.45) is 0 Å². The van der Waals surface area contributed by atoms with E-state index >= 15 is 0 Å². The highest BCUT2D eigenvalue weighted by atomic mass is 32.2. The number of carboxylic acids is 1. The molecular weight excluding hydrogens is 313 g/mol. The van der Waals surface area contributed by atoms with Gasteiger partial charge in [0.05, 0.1) is 17.6 Å². The zero-order valence-corrected chi connectivity index (χ0v) is 12.2. The summed E-state index contributed by atoms with van der Waals surface area (Å²) in [5, 5.41) is 8.83. The van der Waals surface area contributed by atoms with E-state index in [2.05, 4.69) is 4.72 Å². The SMILES string of the molecule is COc1ccc(NS(=O)(=O)c2ccc(F)c(C(=O)O)c2)cc1. The van der Waals surface area contributed by atoms with E-state index in [9.17, 15) is 17.6 Å². The van der Waals surface area contributed by atoms with E-state index in [-0.39, 0.29) is 10.6 Å². The third-order valence-electron chi connectivity index (χ3n) is 2.82. The van der Waals surface area contributed by atoms with Gasteiger partial charge in [-0.25, -0.2) is 17.6 Å². The molecule has 2 rings (SSSR count). The largest absolute Gasteiger partial charge is 0.497 e. The fourth-order valence-electron chi connectivity index (χ4n) is 1.71. The van der Waals surface area contributed by atoms with Gasteiger partial charge in [-0.3, -0.25) is 4.72 Å². The summed E-state index contributed by atoms with van der Waals surface area (Å²) in [7, 11) is -2.55. The third kappa shape index (κ3) is 3.34. The number of nitrogens with one attached hydrogen (secondary N) is 1. The van der Waals surface area contributed by atoms with Gasteiger partial charge in [0.2, 0.25) is 0 Å². The predicted octanol–water partition coefficient (Wildman–Crippen LogP) is 2.33. The molecular formula is C14H12FNO5S.